The van der Waals surface area contributed by atoms with E-state index in [2.05, 4.69) is 79.9 Å². The van der Waals surface area contributed by atoms with Crippen LogP contribution in [0.2, 0.25) is 0 Å². The van der Waals surface area contributed by atoms with Gasteiger partial charge in [0.25, 0.3) is 0 Å². The molecule has 202 valence electrons. The first-order valence-corrected chi connectivity index (χ1v) is 13.7. The number of hydrogen-bond donors (Lipinski definition) is 3. The molecule has 2 aliphatic carbocycles. The fraction of sp³-hybridized carbons (Fsp3) is 0.677. The van der Waals surface area contributed by atoms with Gasteiger partial charge in [0.05, 0.1) is 0 Å². The molecule has 0 fully saturated rings. The van der Waals surface area contributed by atoms with Crippen LogP contribution in [0.3, 0.4) is 0 Å². The molecule has 0 aromatic carbocycles. The topological polar surface area (TPSA) is 84.2 Å². The molecule has 36 heavy (non-hydrogen) atoms. The van der Waals surface area contributed by atoms with Crippen LogP contribution in [0.1, 0.15) is 108 Å². The number of carbonyl (C=O) groups excluding carboxylic acids is 2. The predicted molar refractivity (Wildman–Crippen MR) is 151 cm³/mol. The molecule has 0 spiro atoms. The van der Waals surface area contributed by atoms with E-state index in [1.165, 1.54) is 44.6 Å². The van der Waals surface area contributed by atoms with Gasteiger partial charge in [-0.25, -0.2) is 0 Å². The van der Waals surface area contributed by atoms with Gasteiger partial charge in [0.1, 0.15) is 6.04 Å². The van der Waals surface area contributed by atoms with E-state index in [0.29, 0.717) is 25.9 Å². The van der Waals surface area contributed by atoms with Crippen molar-refractivity contribution in [1.29, 1.82) is 0 Å². The lowest BCUT2D eigenvalue weighted by atomic mass is 9.75. The Morgan fingerprint density at radius 2 is 1.19 bits per heavy atom. The molecule has 1 atom stereocenters. The van der Waals surface area contributed by atoms with Crippen LogP contribution in [0.4, 0.5) is 0 Å². The third kappa shape index (κ3) is 5.88. The molecular weight excluding hydrogens is 446 g/mol. The van der Waals surface area contributed by atoms with Crippen LogP contribution in [0.25, 0.3) is 0 Å². The van der Waals surface area contributed by atoms with E-state index in [1.807, 2.05) is 0 Å². The maximum Gasteiger partial charge on any atom is 0.242 e. The zero-order valence-corrected chi connectivity index (χ0v) is 24.6. The van der Waals surface area contributed by atoms with Crippen molar-refractivity contribution < 1.29 is 9.59 Å². The highest BCUT2D eigenvalue weighted by Crippen LogP contribution is 2.49. The number of amides is 2. The SMILES string of the molecule is CC1=C(C)C(C)(CCNC(=O)[C@H](CCCCN)NC(=O)CCC2(C)C(C)=C(C)C(C)=C2C)C(C)=C1C. The molecule has 0 saturated heterocycles. The molecule has 0 aromatic rings. The van der Waals surface area contributed by atoms with E-state index in [4.69, 9.17) is 5.73 Å². The Morgan fingerprint density at radius 3 is 1.64 bits per heavy atom. The monoisotopic (exact) mass is 497 g/mol. The largest absolute Gasteiger partial charge is 0.354 e. The second-order valence-electron chi connectivity index (χ2n) is 11.6. The van der Waals surface area contributed by atoms with Crippen LogP contribution >= 0.6 is 0 Å². The molecule has 2 amide bonds. The first kappa shape index (κ1) is 30.1. The van der Waals surface area contributed by atoms with Crippen LogP contribution in [-0.2, 0) is 9.59 Å². The second-order valence-corrected chi connectivity index (χ2v) is 11.6. The average Bonchev–Trinajstić information content (AvgIpc) is 3.09. The van der Waals surface area contributed by atoms with Gasteiger partial charge in [0.2, 0.25) is 11.8 Å². The van der Waals surface area contributed by atoms with Crippen molar-refractivity contribution in [2.45, 2.75) is 114 Å². The van der Waals surface area contributed by atoms with Crippen LogP contribution < -0.4 is 16.4 Å². The van der Waals surface area contributed by atoms with Gasteiger partial charge >= 0.3 is 0 Å². The maximum absolute atomic E-state index is 13.2. The summed E-state index contributed by atoms with van der Waals surface area (Å²) >= 11 is 0. The second kappa shape index (κ2) is 11.9. The Bertz CT molecular complexity index is 961. The van der Waals surface area contributed by atoms with E-state index >= 15 is 0 Å². The summed E-state index contributed by atoms with van der Waals surface area (Å²) in [5.74, 6) is -0.150. The lowest BCUT2D eigenvalue weighted by Gasteiger charge is -2.30. The number of nitrogens with two attached hydrogens (primary N) is 1. The van der Waals surface area contributed by atoms with Gasteiger partial charge in [-0.2, -0.15) is 0 Å². The Balaban J connectivity index is 2.00. The Labute approximate surface area is 220 Å². The quantitative estimate of drug-likeness (QED) is 0.278. The van der Waals surface area contributed by atoms with Crippen molar-refractivity contribution in [3.8, 4) is 0 Å². The minimum Gasteiger partial charge on any atom is -0.354 e. The summed E-state index contributed by atoms with van der Waals surface area (Å²) in [5.41, 5.74) is 16.4. The predicted octanol–water partition coefficient (Wildman–Crippen LogP) is 6.27. The van der Waals surface area contributed by atoms with Crippen molar-refractivity contribution in [1.82, 2.24) is 10.6 Å². The molecule has 0 aromatic heterocycles. The molecule has 2 rings (SSSR count). The third-order valence-corrected chi connectivity index (χ3v) is 10.1. The first-order valence-electron chi connectivity index (χ1n) is 13.7. The van der Waals surface area contributed by atoms with Crippen molar-refractivity contribution >= 4 is 11.8 Å². The molecule has 4 N–H and O–H groups in total. The number of allylic oxidation sites excluding steroid dienone is 8. The molecule has 5 heteroatoms. The van der Waals surface area contributed by atoms with E-state index in [-0.39, 0.29) is 22.6 Å². The highest BCUT2D eigenvalue weighted by molar-refractivity contribution is 5.87. The zero-order chi connectivity index (χ0) is 27.4. The highest BCUT2D eigenvalue weighted by atomic mass is 16.2. The summed E-state index contributed by atoms with van der Waals surface area (Å²) in [6.07, 6.45) is 4.26. The highest BCUT2D eigenvalue weighted by Gasteiger charge is 2.37. The maximum atomic E-state index is 13.2. The van der Waals surface area contributed by atoms with Gasteiger partial charge in [0, 0.05) is 23.8 Å². The molecule has 0 bridgehead atoms. The lowest BCUT2D eigenvalue weighted by Crippen LogP contribution is -2.47. The molecule has 0 aliphatic heterocycles. The van der Waals surface area contributed by atoms with Crippen molar-refractivity contribution in [3.63, 3.8) is 0 Å². The standard InChI is InChI=1S/C31H51N3O2/c1-19-20(2)24(6)30(9,23(19)5)15-14-28(35)34-27(13-11-12-17-32)29(36)33-18-16-31(10)25(7)21(3)22(4)26(31)8/h27H,11-18,32H2,1-10H3,(H,33,36)(H,34,35)/t27-/m0/s1. The Kier molecular flexibility index (Phi) is 9.98. The summed E-state index contributed by atoms with van der Waals surface area (Å²) in [6.45, 7) is 23.1. The molecule has 0 unspecified atom stereocenters. The molecular formula is C31H51N3O2. The molecule has 0 saturated carbocycles. The van der Waals surface area contributed by atoms with Crippen molar-refractivity contribution in [3.05, 3.63) is 44.6 Å². The zero-order valence-electron chi connectivity index (χ0n) is 24.6. The fourth-order valence-electron chi connectivity index (χ4n) is 6.04. The van der Waals surface area contributed by atoms with Crippen LogP contribution in [-0.4, -0.2) is 30.9 Å². The van der Waals surface area contributed by atoms with Crippen molar-refractivity contribution in [2.75, 3.05) is 13.1 Å². The van der Waals surface area contributed by atoms with E-state index in [0.717, 1.165) is 25.7 Å². The van der Waals surface area contributed by atoms with E-state index < -0.39 is 6.04 Å². The fourth-order valence-corrected chi connectivity index (χ4v) is 6.04. The summed E-state index contributed by atoms with van der Waals surface area (Å²) in [4.78, 5) is 26.2. The Hall–Kier alpha value is -2.14. The van der Waals surface area contributed by atoms with Gasteiger partial charge in [-0.3, -0.25) is 9.59 Å². The van der Waals surface area contributed by atoms with Crippen LogP contribution in [0.5, 0.6) is 0 Å². The minimum atomic E-state index is -0.523. The van der Waals surface area contributed by atoms with Crippen LogP contribution in [0, 0.1) is 10.8 Å². The smallest absolute Gasteiger partial charge is 0.242 e. The molecule has 0 radical (unpaired) electrons. The number of carbonyl (C=O) groups is 2. The Morgan fingerprint density at radius 1 is 0.750 bits per heavy atom. The van der Waals surface area contributed by atoms with Gasteiger partial charge in [-0.15, -0.1) is 0 Å². The van der Waals surface area contributed by atoms with Gasteiger partial charge in [-0.1, -0.05) is 36.1 Å². The first-order chi connectivity index (χ1) is 16.7. The van der Waals surface area contributed by atoms with E-state index in [1.54, 1.807) is 0 Å². The number of rotatable bonds is 12. The number of nitrogens with one attached hydrogen (secondary N) is 2. The third-order valence-electron chi connectivity index (χ3n) is 10.1. The van der Waals surface area contributed by atoms with Gasteiger partial charge in [-0.05, 0) is 116 Å². The molecule has 5 nitrogen and oxygen atoms in total. The molecule has 0 heterocycles. The number of hydrogen-bond acceptors (Lipinski definition) is 3. The lowest BCUT2D eigenvalue weighted by molar-refractivity contribution is -0.129. The average molecular weight is 498 g/mol. The van der Waals surface area contributed by atoms with Crippen LogP contribution in [0.15, 0.2) is 44.6 Å². The minimum absolute atomic E-state index is 0.0243. The summed E-state index contributed by atoms with van der Waals surface area (Å²) < 4.78 is 0. The summed E-state index contributed by atoms with van der Waals surface area (Å²) in [7, 11) is 0. The number of unbranched alkanes of at least 4 members (excludes halogenated alkanes) is 1. The van der Waals surface area contributed by atoms with Crippen molar-refractivity contribution in [2.24, 2.45) is 16.6 Å². The normalized spacial score (nSPS) is 20.0. The summed E-state index contributed by atoms with van der Waals surface area (Å²) in [6, 6.07) is -0.523. The molecule has 2 aliphatic rings. The van der Waals surface area contributed by atoms with Gasteiger partial charge < -0.3 is 16.4 Å². The summed E-state index contributed by atoms with van der Waals surface area (Å²) in [5, 5.41) is 6.17. The van der Waals surface area contributed by atoms with Gasteiger partial charge in [0.15, 0.2) is 0 Å². The van der Waals surface area contributed by atoms with E-state index in [9.17, 15) is 9.59 Å².